The highest BCUT2D eigenvalue weighted by Gasteiger charge is 2.15. The van der Waals surface area contributed by atoms with Crippen LogP contribution in [0.1, 0.15) is 40.8 Å². The summed E-state index contributed by atoms with van der Waals surface area (Å²) in [5.74, 6) is 0. The number of aryl methyl sites for hydroxylation is 3. The number of hydrogen-bond donors (Lipinski definition) is 1. The van der Waals surface area contributed by atoms with Gasteiger partial charge in [-0.05, 0) is 84.1 Å². The van der Waals surface area contributed by atoms with Gasteiger partial charge >= 0.3 is 0 Å². The van der Waals surface area contributed by atoms with Gasteiger partial charge in [0.15, 0.2) is 0 Å². The third-order valence-electron chi connectivity index (χ3n) is 4.06. The summed E-state index contributed by atoms with van der Waals surface area (Å²) in [7, 11) is 0. The fourth-order valence-electron chi connectivity index (χ4n) is 2.64. The Labute approximate surface area is 142 Å². The first-order valence-corrected chi connectivity index (χ1v) is 8.65. The van der Waals surface area contributed by atoms with Crippen molar-refractivity contribution in [2.75, 3.05) is 6.54 Å². The Kier molecular flexibility index (Phi) is 5.82. The molecule has 21 heavy (non-hydrogen) atoms. The minimum absolute atomic E-state index is 0.379. The molecule has 0 aliphatic carbocycles. The molecule has 0 heterocycles. The number of halogens is 1. The molecular weight excluding hydrogens is 369 g/mol. The van der Waals surface area contributed by atoms with Gasteiger partial charge in [0.25, 0.3) is 0 Å². The largest absolute Gasteiger partial charge is 0.310 e. The van der Waals surface area contributed by atoms with E-state index in [9.17, 15) is 0 Å². The standard InChI is InChI=1S/C19H24IN/c1-5-21-18(17-8-6-7-14(3)19(17)20)12-16-10-9-13(2)15(4)11-16/h6-11,18,21H,5,12H2,1-4H3. The Balaban J connectivity index is 2.30. The van der Waals surface area contributed by atoms with Crippen LogP contribution in [0.2, 0.25) is 0 Å². The highest BCUT2D eigenvalue weighted by molar-refractivity contribution is 14.1. The van der Waals surface area contributed by atoms with Gasteiger partial charge in [0, 0.05) is 9.61 Å². The number of benzene rings is 2. The van der Waals surface area contributed by atoms with Crippen LogP contribution in [0.4, 0.5) is 0 Å². The Hall–Kier alpha value is -0.870. The molecular formula is C19H24IN. The molecule has 0 amide bonds. The fraction of sp³-hybridized carbons (Fsp3) is 0.368. The smallest absolute Gasteiger partial charge is 0.0371 e. The van der Waals surface area contributed by atoms with Crippen LogP contribution in [0.15, 0.2) is 36.4 Å². The maximum atomic E-state index is 3.64. The molecule has 2 heteroatoms. The summed E-state index contributed by atoms with van der Waals surface area (Å²) in [4.78, 5) is 0. The molecule has 2 aromatic rings. The Bertz CT molecular complexity index is 619. The van der Waals surface area contributed by atoms with Crippen molar-refractivity contribution in [1.82, 2.24) is 5.32 Å². The van der Waals surface area contributed by atoms with Crippen molar-refractivity contribution in [3.63, 3.8) is 0 Å². The van der Waals surface area contributed by atoms with Crippen LogP contribution >= 0.6 is 22.6 Å². The molecule has 0 bridgehead atoms. The predicted molar refractivity (Wildman–Crippen MR) is 99.9 cm³/mol. The molecule has 112 valence electrons. The lowest BCUT2D eigenvalue weighted by atomic mass is 9.95. The van der Waals surface area contributed by atoms with Crippen molar-refractivity contribution in [1.29, 1.82) is 0 Å². The van der Waals surface area contributed by atoms with Gasteiger partial charge in [-0.2, -0.15) is 0 Å². The molecule has 0 saturated heterocycles. The average molecular weight is 393 g/mol. The molecule has 0 aromatic heterocycles. The first-order valence-electron chi connectivity index (χ1n) is 7.57. The van der Waals surface area contributed by atoms with Gasteiger partial charge in [-0.15, -0.1) is 0 Å². The molecule has 0 radical (unpaired) electrons. The van der Waals surface area contributed by atoms with Gasteiger partial charge in [-0.25, -0.2) is 0 Å². The molecule has 0 aliphatic rings. The Morgan fingerprint density at radius 2 is 1.76 bits per heavy atom. The number of hydrogen-bond acceptors (Lipinski definition) is 1. The van der Waals surface area contributed by atoms with Crippen molar-refractivity contribution in [3.05, 3.63) is 67.8 Å². The number of rotatable bonds is 5. The van der Waals surface area contributed by atoms with Crippen LogP contribution in [0.3, 0.4) is 0 Å². The predicted octanol–water partition coefficient (Wildman–Crippen LogP) is 5.11. The van der Waals surface area contributed by atoms with E-state index in [0.29, 0.717) is 6.04 Å². The highest BCUT2D eigenvalue weighted by atomic mass is 127. The lowest BCUT2D eigenvalue weighted by Gasteiger charge is -2.21. The molecule has 0 saturated carbocycles. The SMILES string of the molecule is CCNC(Cc1ccc(C)c(C)c1)c1cccc(C)c1I. The molecule has 1 N–H and O–H groups in total. The van der Waals surface area contributed by atoms with E-state index < -0.39 is 0 Å². The van der Waals surface area contributed by atoms with Gasteiger partial charge in [0.1, 0.15) is 0 Å². The van der Waals surface area contributed by atoms with Crippen LogP contribution in [-0.2, 0) is 6.42 Å². The monoisotopic (exact) mass is 393 g/mol. The molecule has 1 atom stereocenters. The van der Waals surface area contributed by atoms with E-state index in [1.165, 1.54) is 31.4 Å². The fourth-order valence-corrected chi connectivity index (χ4v) is 3.38. The maximum Gasteiger partial charge on any atom is 0.0371 e. The molecule has 2 rings (SSSR count). The molecule has 1 unspecified atom stereocenters. The normalized spacial score (nSPS) is 12.4. The lowest BCUT2D eigenvalue weighted by molar-refractivity contribution is 0.547. The summed E-state index contributed by atoms with van der Waals surface area (Å²) in [5.41, 5.74) is 6.92. The van der Waals surface area contributed by atoms with Gasteiger partial charge in [-0.1, -0.05) is 43.3 Å². The maximum absolute atomic E-state index is 3.64. The molecule has 0 aliphatic heterocycles. The van der Waals surface area contributed by atoms with Crippen LogP contribution in [0.25, 0.3) is 0 Å². The summed E-state index contributed by atoms with van der Waals surface area (Å²) >= 11 is 2.47. The van der Waals surface area contributed by atoms with Crippen molar-refractivity contribution in [2.45, 2.75) is 40.2 Å². The van der Waals surface area contributed by atoms with E-state index in [1.807, 2.05) is 0 Å². The average Bonchev–Trinajstić information content (AvgIpc) is 2.45. The first kappa shape index (κ1) is 16.5. The van der Waals surface area contributed by atoms with E-state index in [0.717, 1.165) is 13.0 Å². The first-order chi connectivity index (χ1) is 10.0. The minimum atomic E-state index is 0.379. The number of nitrogens with one attached hydrogen (secondary N) is 1. The number of likely N-dealkylation sites (N-methyl/N-ethyl adjacent to an activating group) is 1. The second kappa shape index (κ2) is 7.41. The van der Waals surface area contributed by atoms with E-state index >= 15 is 0 Å². The summed E-state index contributed by atoms with van der Waals surface area (Å²) < 4.78 is 1.38. The van der Waals surface area contributed by atoms with Crippen LogP contribution < -0.4 is 5.32 Å². The lowest BCUT2D eigenvalue weighted by Crippen LogP contribution is -2.24. The second-order valence-electron chi connectivity index (χ2n) is 5.71. The van der Waals surface area contributed by atoms with E-state index in [4.69, 9.17) is 0 Å². The van der Waals surface area contributed by atoms with E-state index in [2.05, 4.69) is 92.0 Å². The summed E-state index contributed by atoms with van der Waals surface area (Å²) in [6.45, 7) is 9.71. The van der Waals surface area contributed by atoms with Crippen LogP contribution in [-0.4, -0.2) is 6.54 Å². The molecule has 0 fully saturated rings. The zero-order chi connectivity index (χ0) is 15.4. The molecule has 0 spiro atoms. The van der Waals surface area contributed by atoms with Crippen molar-refractivity contribution in [3.8, 4) is 0 Å². The van der Waals surface area contributed by atoms with Crippen molar-refractivity contribution in [2.24, 2.45) is 0 Å². The van der Waals surface area contributed by atoms with Gasteiger partial charge in [-0.3, -0.25) is 0 Å². The van der Waals surface area contributed by atoms with E-state index in [-0.39, 0.29) is 0 Å². The van der Waals surface area contributed by atoms with Crippen LogP contribution in [0, 0.1) is 24.3 Å². The summed E-state index contributed by atoms with van der Waals surface area (Å²) in [6, 6.07) is 13.8. The second-order valence-corrected chi connectivity index (χ2v) is 6.79. The Morgan fingerprint density at radius 3 is 2.43 bits per heavy atom. The van der Waals surface area contributed by atoms with E-state index in [1.54, 1.807) is 0 Å². The van der Waals surface area contributed by atoms with Gasteiger partial charge in [0.05, 0.1) is 0 Å². The van der Waals surface area contributed by atoms with Crippen molar-refractivity contribution >= 4 is 22.6 Å². The third-order valence-corrected chi connectivity index (χ3v) is 5.53. The zero-order valence-electron chi connectivity index (χ0n) is 13.3. The highest BCUT2D eigenvalue weighted by Crippen LogP contribution is 2.26. The third kappa shape index (κ3) is 4.07. The van der Waals surface area contributed by atoms with Crippen LogP contribution in [0.5, 0.6) is 0 Å². The minimum Gasteiger partial charge on any atom is -0.310 e. The topological polar surface area (TPSA) is 12.0 Å². The Morgan fingerprint density at radius 1 is 1.00 bits per heavy atom. The summed E-state index contributed by atoms with van der Waals surface area (Å²) in [5, 5.41) is 3.64. The quantitative estimate of drug-likeness (QED) is 0.697. The van der Waals surface area contributed by atoms with Crippen molar-refractivity contribution < 1.29 is 0 Å². The molecule has 2 aromatic carbocycles. The summed E-state index contributed by atoms with van der Waals surface area (Å²) in [6.07, 6.45) is 1.04. The zero-order valence-corrected chi connectivity index (χ0v) is 15.5. The molecule has 1 nitrogen and oxygen atoms in total. The van der Waals surface area contributed by atoms with Gasteiger partial charge < -0.3 is 5.32 Å². The van der Waals surface area contributed by atoms with Gasteiger partial charge in [0.2, 0.25) is 0 Å².